The molecule has 2 rings (SSSR count). The highest BCUT2D eigenvalue weighted by Crippen LogP contribution is 2.27. The van der Waals surface area contributed by atoms with Gasteiger partial charge in [0.15, 0.2) is 0 Å². The minimum Gasteiger partial charge on any atom is -0.335 e. The van der Waals surface area contributed by atoms with E-state index in [-0.39, 0.29) is 17.5 Å². The first kappa shape index (κ1) is 14.4. The normalized spacial score (nSPS) is 22.1. The van der Waals surface area contributed by atoms with Gasteiger partial charge in [-0.25, -0.2) is 4.39 Å². The van der Waals surface area contributed by atoms with Gasteiger partial charge in [-0.2, -0.15) is 0 Å². The molecule has 1 aromatic rings. The summed E-state index contributed by atoms with van der Waals surface area (Å²) in [4.78, 5) is 24.2. The molecule has 1 aliphatic heterocycles. The van der Waals surface area contributed by atoms with Crippen LogP contribution < -0.4 is 5.73 Å². The maximum absolute atomic E-state index is 13.1. The van der Waals surface area contributed by atoms with Gasteiger partial charge in [0.2, 0.25) is 0 Å². The Morgan fingerprint density at radius 3 is 2.85 bits per heavy atom. The molecule has 6 nitrogen and oxygen atoms in total. The maximum atomic E-state index is 13.1. The Labute approximate surface area is 115 Å². The summed E-state index contributed by atoms with van der Waals surface area (Å²) in [5, 5.41) is 10.9. The lowest BCUT2D eigenvalue weighted by Crippen LogP contribution is -2.34. The van der Waals surface area contributed by atoms with Gasteiger partial charge in [0.25, 0.3) is 11.6 Å². The standard InChI is InChI=1S/C13H16FN3O3/c1-8-4-9(6-15)7-16(8)13(18)11-3-2-10(14)5-12(11)17(19)20/h2-3,5,8-9H,4,6-7,15H2,1H3. The minimum absolute atomic E-state index is 0.0271. The third-order valence-corrected chi connectivity index (χ3v) is 3.64. The van der Waals surface area contributed by atoms with E-state index >= 15 is 0 Å². The van der Waals surface area contributed by atoms with Crippen LogP contribution in [0.25, 0.3) is 0 Å². The fourth-order valence-corrected chi connectivity index (χ4v) is 2.59. The number of nitro benzene ring substituents is 1. The topological polar surface area (TPSA) is 89.5 Å². The Morgan fingerprint density at radius 2 is 2.30 bits per heavy atom. The van der Waals surface area contributed by atoms with Crippen molar-refractivity contribution in [1.29, 1.82) is 0 Å². The van der Waals surface area contributed by atoms with Crippen LogP contribution in [-0.2, 0) is 0 Å². The highest BCUT2D eigenvalue weighted by molar-refractivity contribution is 5.98. The van der Waals surface area contributed by atoms with E-state index in [0.717, 1.165) is 24.6 Å². The zero-order chi connectivity index (χ0) is 14.9. The number of carbonyl (C=O) groups is 1. The van der Waals surface area contributed by atoms with E-state index in [1.165, 1.54) is 0 Å². The van der Waals surface area contributed by atoms with Crippen molar-refractivity contribution in [2.75, 3.05) is 13.1 Å². The molecule has 20 heavy (non-hydrogen) atoms. The number of nitrogens with zero attached hydrogens (tertiary/aromatic N) is 2. The second-order valence-corrected chi connectivity index (χ2v) is 5.06. The van der Waals surface area contributed by atoms with Crippen LogP contribution in [0, 0.1) is 21.8 Å². The van der Waals surface area contributed by atoms with Gasteiger partial charge >= 0.3 is 0 Å². The Kier molecular flexibility index (Phi) is 3.99. The Morgan fingerprint density at radius 1 is 1.60 bits per heavy atom. The van der Waals surface area contributed by atoms with Gasteiger partial charge in [-0.3, -0.25) is 14.9 Å². The summed E-state index contributed by atoms with van der Waals surface area (Å²) in [6.45, 7) is 2.83. The lowest BCUT2D eigenvalue weighted by Gasteiger charge is -2.21. The Hall–Kier alpha value is -2.02. The number of hydrogen-bond acceptors (Lipinski definition) is 4. The zero-order valence-corrected chi connectivity index (χ0v) is 11.1. The van der Waals surface area contributed by atoms with Crippen LogP contribution in [0.2, 0.25) is 0 Å². The molecule has 1 heterocycles. The molecule has 1 aliphatic rings. The van der Waals surface area contributed by atoms with Gasteiger partial charge in [0.05, 0.1) is 11.0 Å². The number of likely N-dealkylation sites (tertiary alicyclic amines) is 1. The molecule has 1 aromatic carbocycles. The van der Waals surface area contributed by atoms with Crippen molar-refractivity contribution in [3.8, 4) is 0 Å². The molecule has 0 bridgehead atoms. The van der Waals surface area contributed by atoms with Crippen LogP contribution in [0.4, 0.5) is 10.1 Å². The molecule has 108 valence electrons. The smallest absolute Gasteiger partial charge is 0.285 e. The number of halogens is 1. The number of amides is 1. The molecule has 2 N–H and O–H groups in total. The fourth-order valence-electron chi connectivity index (χ4n) is 2.59. The first-order valence-corrected chi connectivity index (χ1v) is 6.39. The molecule has 1 amide bonds. The summed E-state index contributed by atoms with van der Waals surface area (Å²) in [6.07, 6.45) is 0.775. The lowest BCUT2D eigenvalue weighted by molar-refractivity contribution is -0.385. The van der Waals surface area contributed by atoms with Gasteiger partial charge in [-0.05, 0) is 37.9 Å². The Bertz CT molecular complexity index is 550. The van der Waals surface area contributed by atoms with Crippen molar-refractivity contribution in [2.45, 2.75) is 19.4 Å². The van der Waals surface area contributed by atoms with Crippen molar-refractivity contribution in [3.05, 3.63) is 39.7 Å². The fraction of sp³-hybridized carbons (Fsp3) is 0.462. The minimum atomic E-state index is -0.739. The van der Waals surface area contributed by atoms with E-state index in [1.54, 1.807) is 4.90 Å². The lowest BCUT2D eigenvalue weighted by atomic mass is 10.1. The summed E-state index contributed by atoms with van der Waals surface area (Å²) in [5.41, 5.74) is 5.02. The number of benzene rings is 1. The molecular formula is C13H16FN3O3. The zero-order valence-electron chi connectivity index (χ0n) is 11.1. The quantitative estimate of drug-likeness (QED) is 0.672. The summed E-state index contributed by atoms with van der Waals surface area (Å²) < 4.78 is 13.1. The molecule has 1 saturated heterocycles. The van der Waals surface area contributed by atoms with E-state index in [0.29, 0.717) is 13.1 Å². The van der Waals surface area contributed by atoms with Gasteiger partial charge in [-0.15, -0.1) is 0 Å². The SMILES string of the molecule is CC1CC(CN)CN1C(=O)c1ccc(F)cc1[N+](=O)[O-]. The molecule has 0 saturated carbocycles. The molecule has 0 aliphatic carbocycles. The number of rotatable bonds is 3. The number of carbonyl (C=O) groups excluding carboxylic acids is 1. The Balaban J connectivity index is 2.32. The second-order valence-electron chi connectivity index (χ2n) is 5.06. The maximum Gasteiger partial charge on any atom is 0.285 e. The van der Waals surface area contributed by atoms with Gasteiger partial charge in [-0.1, -0.05) is 0 Å². The molecule has 2 unspecified atom stereocenters. The third-order valence-electron chi connectivity index (χ3n) is 3.64. The number of nitro groups is 1. The van der Waals surface area contributed by atoms with Crippen molar-refractivity contribution in [1.82, 2.24) is 4.90 Å². The molecule has 0 radical (unpaired) electrons. The van der Waals surface area contributed by atoms with Crippen LogP contribution in [0.3, 0.4) is 0 Å². The average Bonchev–Trinajstić information content (AvgIpc) is 2.79. The summed E-state index contributed by atoms with van der Waals surface area (Å²) in [5.74, 6) is -0.976. The summed E-state index contributed by atoms with van der Waals surface area (Å²) >= 11 is 0. The van der Waals surface area contributed by atoms with Crippen LogP contribution in [0.5, 0.6) is 0 Å². The first-order chi connectivity index (χ1) is 9.43. The monoisotopic (exact) mass is 281 g/mol. The molecular weight excluding hydrogens is 265 g/mol. The molecule has 0 aromatic heterocycles. The highest BCUT2D eigenvalue weighted by atomic mass is 19.1. The van der Waals surface area contributed by atoms with Crippen molar-refractivity contribution in [2.24, 2.45) is 11.7 Å². The van der Waals surface area contributed by atoms with Crippen LogP contribution in [0.1, 0.15) is 23.7 Å². The van der Waals surface area contributed by atoms with Crippen molar-refractivity contribution >= 4 is 11.6 Å². The van der Waals surface area contributed by atoms with Crippen LogP contribution in [0.15, 0.2) is 18.2 Å². The summed E-state index contributed by atoms with van der Waals surface area (Å²) in [6, 6.07) is 2.97. The first-order valence-electron chi connectivity index (χ1n) is 6.39. The van der Waals surface area contributed by atoms with Crippen molar-refractivity contribution in [3.63, 3.8) is 0 Å². The predicted molar refractivity (Wildman–Crippen MR) is 70.7 cm³/mol. The van der Waals surface area contributed by atoms with Gasteiger partial charge < -0.3 is 10.6 Å². The molecule has 0 spiro atoms. The predicted octanol–water partition coefficient (Wildman–Crippen LogP) is 1.54. The van der Waals surface area contributed by atoms with E-state index in [2.05, 4.69) is 0 Å². The summed E-state index contributed by atoms with van der Waals surface area (Å²) in [7, 11) is 0. The van der Waals surface area contributed by atoms with E-state index < -0.39 is 22.3 Å². The van der Waals surface area contributed by atoms with E-state index in [4.69, 9.17) is 5.73 Å². The highest BCUT2D eigenvalue weighted by Gasteiger charge is 2.34. The number of hydrogen-bond donors (Lipinski definition) is 1. The molecule has 1 fully saturated rings. The number of nitrogens with two attached hydrogens (primary N) is 1. The van der Waals surface area contributed by atoms with Gasteiger partial charge in [0, 0.05) is 12.6 Å². The molecule has 7 heteroatoms. The van der Waals surface area contributed by atoms with E-state index in [1.807, 2.05) is 6.92 Å². The average molecular weight is 281 g/mol. The van der Waals surface area contributed by atoms with Gasteiger partial charge in [0.1, 0.15) is 11.4 Å². The van der Waals surface area contributed by atoms with Crippen molar-refractivity contribution < 1.29 is 14.1 Å². The van der Waals surface area contributed by atoms with E-state index in [9.17, 15) is 19.3 Å². The largest absolute Gasteiger partial charge is 0.335 e. The van der Waals surface area contributed by atoms with Crippen LogP contribution in [-0.4, -0.2) is 34.9 Å². The molecule has 2 atom stereocenters. The van der Waals surface area contributed by atoms with Crippen LogP contribution >= 0.6 is 0 Å². The third kappa shape index (κ3) is 2.62. The second kappa shape index (κ2) is 5.54.